The molecule has 4 heteroatoms. The molecule has 0 bridgehead atoms. The Morgan fingerprint density at radius 2 is 2.05 bits per heavy atom. The van der Waals surface area contributed by atoms with Crippen molar-refractivity contribution in [3.05, 3.63) is 28.8 Å². The van der Waals surface area contributed by atoms with E-state index < -0.39 is 5.97 Å². The van der Waals surface area contributed by atoms with E-state index in [0.29, 0.717) is 10.7 Å². The Morgan fingerprint density at radius 3 is 2.70 bits per heavy atom. The molecule has 20 heavy (non-hydrogen) atoms. The van der Waals surface area contributed by atoms with Gasteiger partial charge in [0.2, 0.25) is 0 Å². The average molecular weight is 296 g/mol. The molecule has 0 heterocycles. The van der Waals surface area contributed by atoms with E-state index in [-0.39, 0.29) is 5.56 Å². The zero-order valence-electron chi connectivity index (χ0n) is 11.9. The van der Waals surface area contributed by atoms with Crippen LogP contribution in [0.15, 0.2) is 18.2 Å². The Morgan fingerprint density at radius 1 is 1.35 bits per heavy atom. The molecule has 1 aromatic carbocycles. The lowest BCUT2D eigenvalue weighted by molar-refractivity contribution is 0.0698. The minimum atomic E-state index is -0.943. The molecule has 0 unspecified atom stereocenters. The topological polar surface area (TPSA) is 49.3 Å². The molecule has 0 amide bonds. The molecule has 0 radical (unpaired) electrons. The third-order valence-electron chi connectivity index (χ3n) is 4.22. The first-order valence-electron chi connectivity index (χ1n) is 7.33. The van der Waals surface area contributed by atoms with Crippen molar-refractivity contribution in [3.8, 4) is 0 Å². The summed E-state index contributed by atoms with van der Waals surface area (Å²) in [6.45, 7) is 3.14. The van der Waals surface area contributed by atoms with E-state index >= 15 is 0 Å². The first-order valence-corrected chi connectivity index (χ1v) is 7.70. The van der Waals surface area contributed by atoms with E-state index in [9.17, 15) is 4.79 Å². The number of carbonyl (C=O) groups is 1. The van der Waals surface area contributed by atoms with Gasteiger partial charge in [0, 0.05) is 17.3 Å². The second kappa shape index (κ2) is 6.98. The number of halogens is 1. The summed E-state index contributed by atoms with van der Waals surface area (Å²) >= 11 is 5.84. The average Bonchev–Trinajstić information content (AvgIpc) is 2.42. The molecular weight excluding hydrogens is 274 g/mol. The standard InChI is InChI=1S/C16H22ClNO2/c1-11-2-4-12(5-3-11)8-9-18-15-7-6-13(17)10-14(15)16(19)20/h6-7,10-12,18H,2-5,8-9H2,1H3,(H,19,20). The summed E-state index contributed by atoms with van der Waals surface area (Å²) in [6, 6.07) is 4.96. The van der Waals surface area contributed by atoms with Crippen LogP contribution in [0.2, 0.25) is 5.02 Å². The maximum atomic E-state index is 11.2. The number of benzene rings is 1. The summed E-state index contributed by atoms with van der Waals surface area (Å²) in [5, 5.41) is 12.9. The molecule has 0 aliphatic heterocycles. The van der Waals surface area contributed by atoms with Gasteiger partial charge in [0.25, 0.3) is 0 Å². The molecule has 0 spiro atoms. The van der Waals surface area contributed by atoms with Crippen LogP contribution in [0.1, 0.15) is 49.4 Å². The largest absolute Gasteiger partial charge is 0.478 e. The molecule has 0 saturated heterocycles. The van der Waals surface area contributed by atoms with Gasteiger partial charge in [0.1, 0.15) is 0 Å². The van der Waals surface area contributed by atoms with E-state index in [0.717, 1.165) is 24.8 Å². The normalized spacial score (nSPS) is 22.5. The van der Waals surface area contributed by atoms with Crippen LogP contribution in [0.3, 0.4) is 0 Å². The van der Waals surface area contributed by atoms with Crippen LogP contribution in [0.25, 0.3) is 0 Å². The van der Waals surface area contributed by atoms with Gasteiger partial charge in [-0.2, -0.15) is 0 Å². The van der Waals surface area contributed by atoms with Crippen molar-refractivity contribution in [2.45, 2.75) is 39.0 Å². The Bertz CT molecular complexity index is 468. The van der Waals surface area contributed by atoms with Gasteiger partial charge in [-0.1, -0.05) is 44.2 Å². The molecule has 1 aromatic rings. The Balaban J connectivity index is 1.86. The number of hydrogen-bond acceptors (Lipinski definition) is 2. The first kappa shape index (κ1) is 15.2. The van der Waals surface area contributed by atoms with Crippen LogP contribution < -0.4 is 5.32 Å². The molecule has 1 fully saturated rings. The fourth-order valence-corrected chi connectivity index (χ4v) is 3.05. The van der Waals surface area contributed by atoms with Gasteiger partial charge in [0.05, 0.1) is 5.56 Å². The fourth-order valence-electron chi connectivity index (χ4n) is 2.88. The van der Waals surface area contributed by atoms with Gasteiger partial charge in [-0.05, 0) is 36.5 Å². The first-order chi connectivity index (χ1) is 9.56. The van der Waals surface area contributed by atoms with Crippen LogP contribution in [0.5, 0.6) is 0 Å². The number of carboxylic acids is 1. The molecule has 2 rings (SSSR count). The predicted molar refractivity (Wildman–Crippen MR) is 82.6 cm³/mol. The van der Waals surface area contributed by atoms with Crippen molar-refractivity contribution >= 4 is 23.3 Å². The smallest absolute Gasteiger partial charge is 0.337 e. The molecule has 1 aliphatic rings. The van der Waals surface area contributed by atoms with E-state index in [1.807, 2.05) is 0 Å². The predicted octanol–water partition coefficient (Wildman–Crippen LogP) is 4.67. The lowest BCUT2D eigenvalue weighted by Crippen LogP contribution is -2.16. The van der Waals surface area contributed by atoms with Crippen LogP contribution in [0.4, 0.5) is 5.69 Å². The summed E-state index contributed by atoms with van der Waals surface area (Å²) in [4.78, 5) is 11.2. The molecule has 110 valence electrons. The van der Waals surface area contributed by atoms with Crippen LogP contribution >= 0.6 is 11.6 Å². The van der Waals surface area contributed by atoms with Crippen molar-refractivity contribution in [2.24, 2.45) is 11.8 Å². The SMILES string of the molecule is CC1CCC(CCNc2ccc(Cl)cc2C(=O)O)CC1. The number of nitrogens with one attached hydrogen (secondary N) is 1. The summed E-state index contributed by atoms with van der Waals surface area (Å²) in [5.41, 5.74) is 0.904. The highest BCUT2D eigenvalue weighted by atomic mass is 35.5. The maximum Gasteiger partial charge on any atom is 0.337 e. The van der Waals surface area contributed by atoms with Gasteiger partial charge < -0.3 is 10.4 Å². The number of aromatic carboxylic acids is 1. The molecular formula is C16H22ClNO2. The van der Waals surface area contributed by atoms with Gasteiger partial charge in [-0.25, -0.2) is 4.79 Å². The third kappa shape index (κ3) is 4.14. The second-order valence-corrected chi connectivity index (χ2v) is 6.27. The van der Waals surface area contributed by atoms with Crippen molar-refractivity contribution in [3.63, 3.8) is 0 Å². The number of hydrogen-bond donors (Lipinski definition) is 2. The summed E-state index contributed by atoms with van der Waals surface area (Å²) in [5.74, 6) is 0.704. The van der Waals surface area contributed by atoms with Gasteiger partial charge in [0.15, 0.2) is 0 Å². The third-order valence-corrected chi connectivity index (χ3v) is 4.45. The lowest BCUT2D eigenvalue weighted by Gasteiger charge is -2.26. The van der Waals surface area contributed by atoms with Crippen LogP contribution in [-0.4, -0.2) is 17.6 Å². The van der Waals surface area contributed by atoms with E-state index in [1.54, 1.807) is 12.1 Å². The molecule has 2 N–H and O–H groups in total. The monoisotopic (exact) mass is 295 g/mol. The highest BCUT2D eigenvalue weighted by Crippen LogP contribution is 2.30. The van der Waals surface area contributed by atoms with E-state index in [1.165, 1.54) is 31.7 Å². The van der Waals surface area contributed by atoms with Gasteiger partial charge >= 0.3 is 5.97 Å². The number of rotatable bonds is 5. The zero-order valence-corrected chi connectivity index (χ0v) is 12.6. The molecule has 0 aromatic heterocycles. The Kier molecular flexibility index (Phi) is 5.30. The molecule has 3 nitrogen and oxygen atoms in total. The second-order valence-electron chi connectivity index (χ2n) is 5.84. The molecule has 1 aliphatic carbocycles. The summed E-state index contributed by atoms with van der Waals surface area (Å²) < 4.78 is 0. The highest BCUT2D eigenvalue weighted by molar-refractivity contribution is 6.31. The van der Waals surface area contributed by atoms with Crippen molar-refractivity contribution < 1.29 is 9.90 Å². The Labute approximate surface area is 125 Å². The summed E-state index contributed by atoms with van der Waals surface area (Å²) in [7, 11) is 0. The fraction of sp³-hybridized carbons (Fsp3) is 0.562. The van der Waals surface area contributed by atoms with Gasteiger partial charge in [-0.15, -0.1) is 0 Å². The number of carboxylic acid groups (broad SMARTS) is 1. The van der Waals surface area contributed by atoms with E-state index in [4.69, 9.17) is 16.7 Å². The quantitative estimate of drug-likeness (QED) is 0.830. The van der Waals surface area contributed by atoms with Crippen molar-refractivity contribution in [1.82, 2.24) is 0 Å². The van der Waals surface area contributed by atoms with E-state index in [2.05, 4.69) is 12.2 Å². The van der Waals surface area contributed by atoms with Gasteiger partial charge in [-0.3, -0.25) is 0 Å². The molecule has 0 atom stereocenters. The Hall–Kier alpha value is -1.22. The highest BCUT2D eigenvalue weighted by Gasteiger charge is 2.18. The van der Waals surface area contributed by atoms with Crippen LogP contribution in [0, 0.1) is 11.8 Å². The maximum absolute atomic E-state index is 11.2. The van der Waals surface area contributed by atoms with Crippen LogP contribution in [-0.2, 0) is 0 Å². The zero-order chi connectivity index (χ0) is 14.5. The lowest BCUT2D eigenvalue weighted by atomic mass is 9.81. The molecule has 1 saturated carbocycles. The van der Waals surface area contributed by atoms with Crippen molar-refractivity contribution in [1.29, 1.82) is 0 Å². The minimum absolute atomic E-state index is 0.245. The van der Waals surface area contributed by atoms with Crippen molar-refractivity contribution in [2.75, 3.05) is 11.9 Å². The minimum Gasteiger partial charge on any atom is -0.478 e. The number of anilines is 1. The summed E-state index contributed by atoms with van der Waals surface area (Å²) in [6.07, 6.45) is 6.36.